The van der Waals surface area contributed by atoms with Gasteiger partial charge >= 0.3 is 0 Å². The number of alkyl halides is 1. The summed E-state index contributed by atoms with van der Waals surface area (Å²) in [4.78, 5) is 12.1. The van der Waals surface area contributed by atoms with Crippen LogP contribution >= 0.6 is 0 Å². The number of hydrogen-bond donors (Lipinski definition) is 0. The minimum atomic E-state index is -1.12. The van der Waals surface area contributed by atoms with Gasteiger partial charge in [-0.15, -0.1) is 0 Å². The highest BCUT2D eigenvalue weighted by atomic mass is 19.1. The number of Topliss-reactive ketones (excluding diaryl/α,β-unsaturated/α-hetero) is 1. The van der Waals surface area contributed by atoms with Crippen molar-refractivity contribution in [1.29, 1.82) is 5.26 Å². The number of halogens is 1. The van der Waals surface area contributed by atoms with Gasteiger partial charge in [0, 0.05) is 20.3 Å². The lowest BCUT2D eigenvalue weighted by molar-refractivity contribution is -0.116. The Bertz CT molecular complexity index is 215. The second kappa shape index (κ2) is 4.45. The zero-order chi connectivity index (χ0) is 8.85. The fraction of sp³-hybridized carbons (Fsp3) is 0.429. The van der Waals surface area contributed by atoms with Gasteiger partial charge < -0.3 is 4.90 Å². The Hall–Kier alpha value is -1.37. The van der Waals surface area contributed by atoms with Crippen LogP contribution in [0.25, 0.3) is 0 Å². The first kappa shape index (κ1) is 9.63. The Balaban J connectivity index is 4.43. The first-order chi connectivity index (χ1) is 5.11. The zero-order valence-corrected chi connectivity index (χ0v) is 6.47. The van der Waals surface area contributed by atoms with Gasteiger partial charge in [-0.3, -0.25) is 4.79 Å². The van der Waals surface area contributed by atoms with Crippen LogP contribution in [0.4, 0.5) is 4.39 Å². The molecular weight excluding hydrogens is 147 g/mol. The number of carbonyl (C=O) groups is 1. The van der Waals surface area contributed by atoms with Crippen LogP contribution in [0.1, 0.15) is 0 Å². The molecule has 0 aromatic carbocycles. The quantitative estimate of drug-likeness (QED) is 0.441. The van der Waals surface area contributed by atoms with Crippen LogP contribution in [0.3, 0.4) is 0 Å². The molecule has 0 aromatic heterocycles. The summed E-state index contributed by atoms with van der Waals surface area (Å²) in [6, 6.07) is 1.61. The summed E-state index contributed by atoms with van der Waals surface area (Å²) >= 11 is 0. The van der Waals surface area contributed by atoms with Gasteiger partial charge in [0.15, 0.2) is 6.67 Å². The molecule has 0 amide bonds. The predicted octanol–water partition coefficient (Wildman–Crippen LogP) is 0.494. The molecule has 0 aromatic rings. The molecule has 0 aliphatic heterocycles. The minimum Gasteiger partial charge on any atom is -0.382 e. The number of allylic oxidation sites excluding steroid dienone is 1. The average molecular weight is 156 g/mol. The maximum atomic E-state index is 11.7. The number of nitrogens with zero attached hydrogens (tertiary/aromatic N) is 2. The molecule has 4 heteroatoms. The smallest absolute Gasteiger partial charge is 0.205 e. The molecule has 0 bridgehead atoms. The van der Waals surface area contributed by atoms with Crippen LogP contribution in [0.5, 0.6) is 0 Å². The van der Waals surface area contributed by atoms with Crippen molar-refractivity contribution >= 4 is 5.78 Å². The normalized spacial score (nSPS) is 10.5. The van der Waals surface area contributed by atoms with E-state index in [1.807, 2.05) is 0 Å². The third-order valence-corrected chi connectivity index (χ3v) is 0.930. The molecule has 0 spiro atoms. The van der Waals surface area contributed by atoms with Gasteiger partial charge in [0.1, 0.15) is 11.6 Å². The highest BCUT2D eigenvalue weighted by Crippen LogP contribution is 1.96. The van der Waals surface area contributed by atoms with E-state index in [-0.39, 0.29) is 5.57 Å². The van der Waals surface area contributed by atoms with E-state index < -0.39 is 12.5 Å². The maximum absolute atomic E-state index is 11.7. The maximum Gasteiger partial charge on any atom is 0.205 e. The standard InChI is InChI=1S/C7H9FN2O/c1-10(2)5-6(4-9)7(11)3-8/h5H,3H2,1-2H3/b6-5-. The van der Waals surface area contributed by atoms with Crippen LogP contribution in [-0.4, -0.2) is 31.5 Å². The van der Waals surface area contributed by atoms with E-state index >= 15 is 0 Å². The summed E-state index contributed by atoms with van der Waals surface area (Å²) in [5, 5.41) is 8.34. The van der Waals surface area contributed by atoms with E-state index in [1.165, 1.54) is 11.1 Å². The van der Waals surface area contributed by atoms with Crippen molar-refractivity contribution in [2.75, 3.05) is 20.8 Å². The number of ketones is 1. The van der Waals surface area contributed by atoms with Gasteiger partial charge in [-0.1, -0.05) is 0 Å². The molecule has 60 valence electrons. The summed E-state index contributed by atoms with van der Waals surface area (Å²) in [5.74, 6) is -0.777. The Morgan fingerprint density at radius 3 is 2.55 bits per heavy atom. The Morgan fingerprint density at radius 1 is 1.73 bits per heavy atom. The van der Waals surface area contributed by atoms with Crippen molar-refractivity contribution in [1.82, 2.24) is 4.90 Å². The van der Waals surface area contributed by atoms with Crippen LogP contribution < -0.4 is 0 Å². The van der Waals surface area contributed by atoms with E-state index in [4.69, 9.17) is 5.26 Å². The second-order valence-electron chi connectivity index (χ2n) is 2.17. The summed E-state index contributed by atoms with van der Waals surface area (Å²) in [5.41, 5.74) is -0.155. The summed E-state index contributed by atoms with van der Waals surface area (Å²) in [7, 11) is 3.31. The third kappa shape index (κ3) is 3.36. The van der Waals surface area contributed by atoms with E-state index in [0.29, 0.717) is 0 Å². The lowest BCUT2D eigenvalue weighted by Crippen LogP contribution is -2.09. The second-order valence-corrected chi connectivity index (χ2v) is 2.17. The monoisotopic (exact) mass is 156 g/mol. The number of rotatable bonds is 3. The molecule has 0 saturated carbocycles. The number of carbonyl (C=O) groups excluding carboxylic acids is 1. The van der Waals surface area contributed by atoms with Crippen LogP contribution in [0.2, 0.25) is 0 Å². The lowest BCUT2D eigenvalue weighted by Gasteiger charge is -2.03. The fourth-order valence-corrected chi connectivity index (χ4v) is 0.493. The molecule has 0 fully saturated rings. The van der Waals surface area contributed by atoms with Crippen molar-refractivity contribution in [2.45, 2.75) is 0 Å². The first-order valence-corrected chi connectivity index (χ1v) is 2.99. The molecule has 0 radical (unpaired) electrons. The molecule has 0 N–H and O–H groups in total. The molecule has 0 saturated heterocycles. The average Bonchev–Trinajstić information content (AvgIpc) is 1.98. The molecule has 0 atom stereocenters. The summed E-state index contributed by atoms with van der Waals surface area (Å²) in [6.45, 7) is -1.12. The third-order valence-electron chi connectivity index (χ3n) is 0.930. The van der Waals surface area contributed by atoms with Gasteiger partial charge in [0.05, 0.1) is 0 Å². The van der Waals surface area contributed by atoms with Gasteiger partial charge in [0.25, 0.3) is 0 Å². The predicted molar refractivity (Wildman–Crippen MR) is 38.4 cm³/mol. The molecule has 0 aliphatic rings. The van der Waals surface area contributed by atoms with E-state index in [1.54, 1.807) is 20.2 Å². The van der Waals surface area contributed by atoms with E-state index in [9.17, 15) is 9.18 Å². The van der Waals surface area contributed by atoms with E-state index in [0.717, 1.165) is 0 Å². The molecule has 0 heterocycles. The van der Waals surface area contributed by atoms with Crippen molar-refractivity contribution in [3.05, 3.63) is 11.8 Å². The Labute approximate surface area is 64.7 Å². The molecule has 0 unspecified atom stereocenters. The van der Waals surface area contributed by atoms with Gasteiger partial charge in [-0.05, 0) is 0 Å². The molecule has 3 nitrogen and oxygen atoms in total. The van der Waals surface area contributed by atoms with Gasteiger partial charge in [0.2, 0.25) is 5.78 Å². The highest BCUT2D eigenvalue weighted by molar-refractivity contribution is 5.99. The largest absolute Gasteiger partial charge is 0.382 e. The minimum absolute atomic E-state index is 0.155. The fourth-order valence-electron chi connectivity index (χ4n) is 0.493. The number of nitriles is 1. The van der Waals surface area contributed by atoms with Crippen molar-refractivity contribution in [2.24, 2.45) is 0 Å². The SMILES string of the molecule is CN(C)/C=C(/C#N)C(=O)CF. The van der Waals surface area contributed by atoms with Gasteiger partial charge in [-0.2, -0.15) is 5.26 Å². The van der Waals surface area contributed by atoms with Crippen molar-refractivity contribution < 1.29 is 9.18 Å². The zero-order valence-electron chi connectivity index (χ0n) is 6.47. The van der Waals surface area contributed by atoms with Crippen LogP contribution in [0, 0.1) is 11.3 Å². The Kier molecular flexibility index (Phi) is 3.89. The van der Waals surface area contributed by atoms with Crippen molar-refractivity contribution in [3.8, 4) is 6.07 Å². The molecular formula is C7H9FN2O. The summed E-state index contributed by atoms with van der Waals surface area (Å²) < 4.78 is 11.7. The van der Waals surface area contributed by atoms with Gasteiger partial charge in [-0.25, -0.2) is 4.39 Å². The van der Waals surface area contributed by atoms with Crippen molar-refractivity contribution in [3.63, 3.8) is 0 Å². The molecule has 11 heavy (non-hydrogen) atoms. The summed E-state index contributed by atoms with van der Waals surface area (Å²) in [6.07, 6.45) is 1.29. The topological polar surface area (TPSA) is 44.1 Å². The Morgan fingerprint density at radius 2 is 2.27 bits per heavy atom. The first-order valence-electron chi connectivity index (χ1n) is 2.99. The van der Waals surface area contributed by atoms with Crippen LogP contribution in [0.15, 0.2) is 11.8 Å². The molecule has 0 rings (SSSR count). The molecule has 0 aliphatic carbocycles. The lowest BCUT2D eigenvalue weighted by atomic mass is 10.2. The highest BCUT2D eigenvalue weighted by Gasteiger charge is 2.07. The van der Waals surface area contributed by atoms with Crippen LogP contribution in [-0.2, 0) is 4.79 Å². The number of hydrogen-bond acceptors (Lipinski definition) is 3. The van der Waals surface area contributed by atoms with E-state index in [2.05, 4.69) is 0 Å².